The van der Waals surface area contributed by atoms with Crippen LogP contribution < -0.4 is 14.8 Å². The molecule has 0 heterocycles. The fourth-order valence-corrected chi connectivity index (χ4v) is 2.14. The molecule has 0 bridgehead atoms. The zero-order chi connectivity index (χ0) is 15.5. The summed E-state index contributed by atoms with van der Waals surface area (Å²) in [5.41, 5.74) is 1.22. The number of hydrogen-bond donors (Lipinski definition) is 1. The van der Waals surface area contributed by atoms with E-state index in [0.29, 0.717) is 13.2 Å². The molecule has 0 unspecified atom stereocenters. The molecule has 1 aromatic carbocycles. The van der Waals surface area contributed by atoms with Crippen LogP contribution in [0.25, 0.3) is 0 Å². The van der Waals surface area contributed by atoms with Crippen molar-refractivity contribution in [3.63, 3.8) is 0 Å². The van der Waals surface area contributed by atoms with Crippen LogP contribution in [0.1, 0.15) is 33.3 Å². The van der Waals surface area contributed by atoms with Gasteiger partial charge in [0.05, 0.1) is 6.61 Å². The number of likely N-dealkylation sites (N-methyl/N-ethyl adjacent to an activating group) is 1. The molecular formula is C17H30N2O2. The van der Waals surface area contributed by atoms with Gasteiger partial charge < -0.3 is 19.7 Å². The van der Waals surface area contributed by atoms with Crippen molar-refractivity contribution in [3.05, 3.63) is 23.8 Å². The Kier molecular flexibility index (Phi) is 8.87. The van der Waals surface area contributed by atoms with Gasteiger partial charge in [-0.1, -0.05) is 26.8 Å². The third-order valence-corrected chi connectivity index (χ3v) is 3.45. The molecule has 1 rings (SSSR count). The molecule has 0 spiro atoms. The van der Waals surface area contributed by atoms with Crippen molar-refractivity contribution in [2.75, 3.05) is 39.4 Å². The van der Waals surface area contributed by atoms with Crippen molar-refractivity contribution in [3.8, 4) is 11.5 Å². The molecule has 0 radical (unpaired) electrons. The first-order valence-electron chi connectivity index (χ1n) is 8.06. The van der Waals surface area contributed by atoms with Crippen LogP contribution >= 0.6 is 0 Å². The van der Waals surface area contributed by atoms with Gasteiger partial charge in [0.25, 0.3) is 0 Å². The van der Waals surface area contributed by atoms with E-state index >= 15 is 0 Å². The van der Waals surface area contributed by atoms with Gasteiger partial charge >= 0.3 is 0 Å². The van der Waals surface area contributed by atoms with Crippen molar-refractivity contribution >= 4 is 0 Å². The fourth-order valence-electron chi connectivity index (χ4n) is 2.14. The van der Waals surface area contributed by atoms with Crippen LogP contribution in [0.4, 0.5) is 0 Å². The monoisotopic (exact) mass is 294 g/mol. The third-order valence-electron chi connectivity index (χ3n) is 3.45. The molecule has 4 nitrogen and oxygen atoms in total. The van der Waals surface area contributed by atoms with Crippen molar-refractivity contribution in [2.45, 2.75) is 34.2 Å². The number of benzene rings is 1. The van der Waals surface area contributed by atoms with Crippen LogP contribution in [0.3, 0.4) is 0 Å². The molecule has 0 fully saturated rings. The quantitative estimate of drug-likeness (QED) is 0.680. The summed E-state index contributed by atoms with van der Waals surface area (Å²) in [6.07, 6.45) is 0. The number of nitrogens with zero attached hydrogens (tertiary/aromatic N) is 1. The molecule has 0 saturated carbocycles. The van der Waals surface area contributed by atoms with Crippen LogP contribution in [0, 0.1) is 0 Å². The summed E-state index contributed by atoms with van der Waals surface area (Å²) in [6.45, 7) is 14.7. The molecule has 1 N–H and O–H groups in total. The fraction of sp³-hybridized carbons (Fsp3) is 0.647. The van der Waals surface area contributed by atoms with Gasteiger partial charge in [0.1, 0.15) is 6.61 Å². The Morgan fingerprint density at radius 1 is 1.00 bits per heavy atom. The summed E-state index contributed by atoms with van der Waals surface area (Å²) < 4.78 is 11.6. The van der Waals surface area contributed by atoms with Crippen LogP contribution in [-0.2, 0) is 6.54 Å². The van der Waals surface area contributed by atoms with Crippen LogP contribution in [-0.4, -0.2) is 44.3 Å². The van der Waals surface area contributed by atoms with Crippen LogP contribution in [0.2, 0.25) is 0 Å². The first kappa shape index (κ1) is 17.8. The Morgan fingerprint density at radius 2 is 1.76 bits per heavy atom. The van der Waals surface area contributed by atoms with Gasteiger partial charge in [0, 0.05) is 13.1 Å². The molecule has 0 amide bonds. The Labute approximate surface area is 129 Å². The molecule has 0 atom stereocenters. The number of nitrogens with one attached hydrogen (secondary N) is 1. The molecule has 0 aliphatic rings. The van der Waals surface area contributed by atoms with Gasteiger partial charge in [-0.2, -0.15) is 0 Å². The lowest BCUT2D eigenvalue weighted by Gasteiger charge is -2.19. The number of ether oxygens (including phenoxy) is 2. The van der Waals surface area contributed by atoms with Crippen molar-refractivity contribution in [1.82, 2.24) is 10.2 Å². The highest BCUT2D eigenvalue weighted by molar-refractivity contribution is 5.43. The van der Waals surface area contributed by atoms with Gasteiger partial charge in [0.15, 0.2) is 11.5 Å². The molecule has 120 valence electrons. The predicted molar refractivity (Wildman–Crippen MR) is 88.3 cm³/mol. The Bertz CT molecular complexity index is 392. The van der Waals surface area contributed by atoms with Crippen LogP contribution in [0.5, 0.6) is 11.5 Å². The highest BCUT2D eigenvalue weighted by Crippen LogP contribution is 2.28. The van der Waals surface area contributed by atoms with Gasteiger partial charge in [0.2, 0.25) is 0 Å². The summed E-state index contributed by atoms with van der Waals surface area (Å²) in [6, 6.07) is 6.18. The Hall–Kier alpha value is -1.26. The van der Waals surface area contributed by atoms with Crippen molar-refractivity contribution in [2.24, 2.45) is 0 Å². The molecular weight excluding hydrogens is 264 g/mol. The summed E-state index contributed by atoms with van der Waals surface area (Å²) >= 11 is 0. The molecule has 4 heteroatoms. The van der Waals surface area contributed by atoms with Gasteiger partial charge in [-0.15, -0.1) is 0 Å². The minimum atomic E-state index is 0.650. The van der Waals surface area contributed by atoms with E-state index in [2.05, 4.69) is 43.1 Å². The lowest BCUT2D eigenvalue weighted by atomic mass is 10.2. The maximum Gasteiger partial charge on any atom is 0.161 e. The largest absolute Gasteiger partial charge is 0.490 e. The Balaban J connectivity index is 2.62. The topological polar surface area (TPSA) is 33.7 Å². The van der Waals surface area contributed by atoms with E-state index in [4.69, 9.17) is 9.47 Å². The van der Waals surface area contributed by atoms with Gasteiger partial charge in [-0.3, -0.25) is 0 Å². The molecule has 1 aromatic rings. The molecule has 0 aliphatic carbocycles. The number of hydrogen-bond acceptors (Lipinski definition) is 4. The van der Waals surface area contributed by atoms with Gasteiger partial charge in [-0.25, -0.2) is 0 Å². The summed E-state index contributed by atoms with van der Waals surface area (Å²) in [7, 11) is 0. The second kappa shape index (κ2) is 10.5. The van der Waals surface area contributed by atoms with E-state index in [0.717, 1.165) is 44.2 Å². The molecule has 0 saturated heterocycles. The minimum absolute atomic E-state index is 0.650. The zero-order valence-corrected chi connectivity index (χ0v) is 13.9. The standard InChI is InChI=1S/C17H30N2O2/c1-5-18-14-15-9-10-16(17(13-15)20-8-4)21-12-11-19(6-2)7-3/h9-10,13,18H,5-8,11-12,14H2,1-4H3. The van der Waals surface area contributed by atoms with Crippen molar-refractivity contribution in [1.29, 1.82) is 0 Å². The SMILES string of the molecule is CCNCc1ccc(OCCN(CC)CC)c(OCC)c1. The average molecular weight is 294 g/mol. The molecule has 21 heavy (non-hydrogen) atoms. The Morgan fingerprint density at radius 3 is 2.38 bits per heavy atom. The lowest BCUT2D eigenvalue weighted by molar-refractivity contribution is 0.214. The highest BCUT2D eigenvalue weighted by atomic mass is 16.5. The third kappa shape index (κ3) is 6.36. The number of rotatable bonds is 11. The minimum Gasteiger partial charge on any atom is -0.490 e. The van der Waals surface area contributed by atoms with E-state index in [1.165, 1.54) is 5.56 Å². The smallest absolute Gasteiger partial charge is 0.161 e. The normalized spacial score (nSPS) is 10.9. The zero-order valence-electron chi connectivity index (χ0n) is 13.9. The maximum atomic E-state index is 5.90. The summed E-state index contributed by atoms with van der Waals surface area (Å²) in [5, 5.41) is 3.32. The maximum absolute atomic E-state index is 5.90. The first-order valence-corrected chi connectivity index (χ1v) is 8.06. The van der Waals surface area contributed by atoms with E-state index < -0.39 is 0 Å². The second-order valence-electron chi connectivity index (χ2n) is 4.87. The second-order valence-corrected chi connectivity index (χ2v) is 4.87. The summed E-state index contributed by atoms with van der Waals surface area (Å²) in [4.78, 5) is 2.35. The van der Waals surface area contributed by atoms with Crippen molar-refractivity contribution < 1.29 is 9.47 Å². The van der Waals surface area contributed by atoms with Gasteiger partial charge in [-0.05, 0) is 44.3 Å². The van der Waals surface area contributed by atoms with E-state index in [9.17, 15) is 0 Å². The molecule has 0 aromatic heterocycles. The summed E-state index contributed by atoms with van der Waals surface area (Å²) in [5.74, 6) is 1.68. The van der Waals surface area contributed by atoms with Crippen LogP contribution in [0.15, 0.2) is 18.2 Å². The predicted octanol–water partition coefficient (Wildman–Crippen LogP) is 2.92. The average Bonchev–Trinajstić information content (AvgIpc) is 2.51. The highest BCUT2D eigenvalue weighted by Gasteiger charge is 2.07. The lowest BCUT2D eigenvalue weighted by Crippen LogP contribution is -2.28. The van der Waals surface area contributed by atoms with E-state index in [-0.39, 0.29) is 0 Å². The van der Waals surface area contributed by atoms with E-state index in [1.54, 1.807) is 0 Å². The molecule has 0 aliphatic heterocycles. The first-order chi connectivity index (χ1) is 10.2. The van der Waals surface area contributed by atoms with E-state index in [1.807, 2.05) is 13.0 Å².